The van der Waals surface area contributed by atoms with Gasteiger partial charge in [0.25, 0.3) is 0 Å². The summed E-state index contributed by atoms with van der Waals surface area (Å²) < 4.78 is 0. The fourth-order valence-corrected chi connectivity index (χ4v) is 11.4. The van der Waals surface area contributed by atoms with Crippen molar-refractivity contribution in [1.29, 1.82) is 0 Å². The molecular formula is C47H58IrNO2Si2-. The van der Waals surface area contributed by atoms with Crippen molar-refractivity contribution in [3.8, 4) is 33.5 Å². The molecule has 4 aromatic carbocycles. The van der Waals surface area contributed by atoms with Crippen LogP contribution < -0.4 is 15.6 Å². The number of benzene rings is 4. The fraction of sp³-hybridized carbons (Fsp3) is 0.362. The van der Waals surface area contributed by atoms with Gasteiger partial charge in [0, 0.05) is 48.9 Å². The quantitative estimate of drug-likeness (QED) is 0.0846. The number of aromatic nitrogens is 1. The van der Waals surface area contributed by atoms with E-state index in [9.17, 15) is 9.90 Å². The molecule has 0 aliphatic carbocycles. The molecule has 0 amide bonds. The van der Waals surface area contributed by atoms with Crippen molar-refractivity contribution in [2.24, 2.45) is 10.8 Å². The maximum absolute atomic E-state index is 11.5. The second-order valence-corrected chi connectivity index (χ2v) is 28.4. The molecule has 0 saturated heterocycles. The second kappa shape index (κ2) is 15.0. The minimum Gasteiger partial charge on any atom is -0.512 e. The van der Waals surface area contributed by atoms with E-state index in [1.54, 1.807) is 0 Å². The Bertz CT molecular complexity index is 2170. The van der Waals surface area contributed by atoms with Gasteiger partial charge in [-0.1, -0.05) is 177 Å². The summed E-state index contributed by atoms with van der Waals surface area (Å²) >= 11 is 0. The molecule has 281 valence electrons. The SMILES string of the molecule is CC(C)(C)C(=O)/C=C(\O)C(C)(C)C.CC(C)(C)c1cc(-c2nccc3c2[Si](C)(C)c2cc(-c4ccc([Si](C)(C)C)cc4)ccc2-3)[c-]c2ccccc12.[Ir]. The third kappa shape index (κ3) is 8.94. The number of hydrogen-bond acceptors (Lipinski definition) is 3. The Hall–Kier alpha value is -3.42. The number of aliphatic hydroxyl groups is 1. The molecule has 6 rings (SSSR count). The summed E-state index contributed by atoms with van der Waals surface area (Å²) in [5.74, 6) is 0.104. The summed E-state index contributed by atoms with van der Waals surface area (Å²) in [5.41, 5.74) is 8.18. The second-order valence-electron chi connectivity index (χ2n) is 19.1. The van der Waals surface area contributed by atoms with Gasteiger partial charge in [-0.15, -0.1) is 29.1 Å². The topological polar surface area (TPSA) is 50.2 Å². The molecule has 53 heavy (non-hydrogen) atoms. The first kappa shape index (κ1) is 42.3. The van der Waals surface area contributed by atoms with Crippen molar-refractivity contribution < 1.29 is 30.0 Å². The predicted molar refractivity (Wildman–Crippen MR) is 230 cm³/mol. The first-order chi connectivity index (χ1) is 23.9. The maximum atomic E-state index is 11.5. The molecule has 1 aromatic heterocycles. The molecule has 0 atom stereocenters. The summed E-state index contributed by atoms with van der Waals surface area (Å²) in [6.07, 6.45) is 3.33. The van der Waals surface area contributed by atoms with E-state index in [0.717, 1.165) is 11.3 Å². The van der Waals surface area contributed by atoms with Gasteiger partial charge in [-0.2, -0.15) is 0 Å². The van der Waals surface area contributed by atoms with E-state index in [1.807, 2.05) is 47.7 Å². The van der Waals surface area contributed by atoms with Crippen LogP contribution >= 0.6 is 0 Å². The molecule has 1 aliphatic rings. The van der Waals surface area contributed by atoms with Gasteiger partial charge in [0.15, 0.2) is 5.78 Å². The van der Waals surface area contributed by atoms with Crippen LogP contribution in [0.25, 0.3) is 44.3 Å². The van der Waals surface area contributed by atoms with E-state index >= 15 is 0 Å². The van der Waals surface area contributed by atoms with Gasteiger partial charge >= 0.3 is 0 Å². The number of nitrogens with zero attached hydrogens (tertiary/aromatic N) is 1. The number of fused-ring (bicyclic) bond motifs is 4. The standard InChI is InChI=1S/C36H38NSi2.C11H20O2.Ir/c1-36(2,3)32-22-27(21-26-11-9-10-12-29(26)32)34-35-31(19-20-37-34)30-18-15-25(23-33(30)39(35,7)8)24-13-16-28(17-14-24)38(4,5)6;1-10(2,3)8(12)7-9(13)11(4,5)6;/h9-20,22-23H,1-8H3;7,12H,1-6H3;/q-1;;/b;8-7-;. The van der Waals surface area contributed by atoms with Crippen molar-refractivity contribution in [2.75, 3.05) is 0 Å². The minimum atomic E-state index is -2.02. The molecule has 0 spiro atoms. The number of allylic oxidation sites excluding steroid dienone is 2. The molecule has 1 aliphatic heterocycles. The monoisotopic (exact) mass is 917 g/mol. The van der Waals surface area contributed by atoms with E-state index in [1.165, 1.54) is 60.2 Å². The third-order valence-electron chi connectivity index (χ3n) is 10.3. The van der Waals surface area contributed by atoms with Crippen LogP contribution in [0.4, 0.5) is 0 Å². The number of pyridine rings is 1. The van der Waals surface area contributed by atoms with Crippen LogP contribution in [0.3, 0.4) is 0 Å². The van der Waals surface area contributed by atoms with E-state index in [0.29, 0.717) is 0 Å². The van der Waals surface area contributed by atoms with Gasteiger partial charge in [0.05, 0.1) is 8.07 Å². The Labute approximate surface area is 334 Å². The molecular weight excluding hydrogens is 859 g/mol. The molecule has 1 radical (unpaired) electrons. The zero-order valence-corrected chi connectivity index (χ0v) is 38.7. The van der Waals surface area contributed by atoms with E-state index < -0.39 is 21.6 Å². The number of ketones is 1. The number of aliphatic hydroxyl groups excluding tert-OH is 1. The van der Waals surface area contributed by atoms with E-state index in [2.05, 4.69) is 138 Å². The van der Waals surface area contributed by atoms with Crippen molar-refractivity contribution in [3.05, 3.63) is 109 Å². The maximum Gasteiger partial charge on any atom is 0.164 e. The minimum absolute atomic E-state index is 0. The molecule has 1 N–H and O–H groups in total. The van der Waals surface area contributed by atoms with E-state index in [4.69, 9.17) is 4.98 Å². The van der Waals surface area contributed by atoms with Crippen LogP contribution in [0.1, 0.15) is 67.9 Å². The average molecular weight is 917 g/mol. The van der Waals surface area contributed by atoms with Crippen LogP contribution in [-0.2, 0) is 30.3 Å². The zero-order valence-electron chi connectivity index (χ0n) is 34.3. The molecule has 2 heterocycles. The zero-order chi connectivity index (χ0) is 38.6. The Morgan fingerprint density at radius 3 is 1.94 bits per heavy atom. The van der Waals surface area contributed by atoms with Gasteiger partial charge in [-0.05, 0) is 38.9 Å². The predicted octanol–water partition coefficient (Wildman–Crippen LogP) is 11.1. The summed E-state index contributed by atoms with van der Waals surface area (Å²) in [5, 5.41) is 16.5. The first-order valence-corrected chi connectivity index (χ1v) is 25.1. The van der Waals surface area contributed by atoms with Gasteiger partial charge in [-0.25, -0.2) is 0 Å². The average Bonchev–Trinajstić information content (AvgIpc) is 3.28. The summed E-state index contributed by atoms with van der Waals surface area (Å²) in [4.78, 5) is 16.5. The Kier molecular flexibility index (Phi) is 12.0. The fourth-order valence-electron chi connectivity index (χ4n) is 6.83. The van der Waals surface area contributed by atoms with Gasteiger partial charge in [0.2, 0.25) is 0 Å². The number of hydrogen-bond donors (Lipinski definition) is 1. The van der Waals surface area contributed by atoms with Crippen molar-refractivity contribution in [3.63, 3.8) is 0 Å². The molecule has 3 nitrogen and oxygen atoms in total. The molecule has 5 aromatic rings. The number of carbonyl (C=O) groups is 1. The Morgan fingerprint density at radius 2 is 1.38 bits per heavy atom. The van der Waals surface area contributed by atoms with Crippen LogP contribution in [0, 0.1) is 16.9 Å². The molecule has 0 bridgehead atoms. The third-order valence-corrected chi connectivity index (χ3v) is 15.8. The summed E-state index contributed by atoms with van der Waals surface area (Å²) in [6.45, 7) is 30.2. The van der Waals surface area contributed by atoms with Crippen LogP contribution in [-0.4, -0.2) is 32.0 Å². The van der Waals surface area contributed by atoms with Gasteiger partial charge < -0.3 is 5.11 Å². The van der Waals surface area contributed by atoms with Crippen LogP contribution in [0.5, 0.6) is 0 Å². The van der Waals surface area contributed by atoms with Gasteiger partial charge in [0.1, 0.15) is 13.8 Å². The summed E-state index contributed by atoms with van der Waals surface area (Å²) in [6, 6.07) is 33.5. The van der Waals surface area contributed by atoms with Crippen molar-refractivity contribution in [1.82, 2.24) is 4.98 Å². The Morgan fingerprint density at radius 1 is 0.774 bits per heavy atom. The number of carbonyl (C=O) groups excluding carboxylic acids is 1. The normalized spacial score (nSPS) is 14.1. The molecule has 0 unspecified atom stereocenters. The molecule has 0 fully saturated rings. The first-order valence-electron chi connectivity index (χ1n) is 18.6. The van der Waals surface area contributed by atoms with E-state index in [-0.39, 0.29) is 42.5 Å². The van der Waals surface area contributed by atoms with Crippen LogP contribution in [0.2, 0.25) is 32.7 Å². The summed E-state index contributed by atoms with van der Waals surface area (Å²) in [7, 11) is -3.34. The van der Waals surface area contributed by atoms with Crippen molar-refractivity contribution >= 4 is 48.3 Å². The Balaban J connectivity index is 0.000000386. The number of rotatable bonds is 4. The molecule has 6 heteroatoms. The van der Waals surface area contributed by atoms with Crippen molar-refractivity contribution in [2.45, 2.75) is 100 Å². The van der Waals surface area contributed by atoms with Gasteiger partial charge in [-0.3, -0.25) is 9.78 Å². The van der Waals surface area contributed by atoms with Crippen LogP contribution in [0.15, 0.2) is 96.9 Å². The largest absolute Gasteiger partial charge is 0.512 e. The smallest absolute Gasteiger partial charge is 0.164 e. The molecule has 0 saturated carbocycles.